The molecule has 0 aromatic carbocycles. The Morgan fingerprint density at radius 2 is 0.940 bits per heavy atom. The topological polar surface area (TPSA) is 172 Å². The van der Waals surface area contributed by atoms with E-state index in [4.69, 9.17) is 24.8 Å². The van der Waals surface area contributed by atoms with Gasteiger partial charge in [0.05, 0.1) is 6.61 Å². The van der Waals surface area contributed by atoms with Gasteiger partial charge < -0.3 is 25.2 Å². The minimum absolute atomic E-state index is 0.118. The molecule has 2 atom stereocenters. The van der Waals surface area contributed by atoms with Gasteiger partial charge in [0.1, 0.15) is 25.4 Å². The molecule has 0 saturated carbocycles. The zero-order chi connectivity index (χ0) is 38.7. The van der Waals surface area contributed by atoms with E-state index in [0.29, 0.717) is 38.5 Å². The fourth-order valence-corrected chi connectivity index (χ4v) is 4.93. The number of hydrogen-bond donors (Lipinski definition) is 3. The standard InChI is InChI=1S/C28H44F10NO10P/c29-25(30,27(33,34)35)15-11-7-3-1-5-9-13-22(40)46-17-20(49-50(44,45)48-19-21(39)24(42)43)18-47-23(41)14-10-6-2-4-8-12-16-26(31,32)28(36,37)38/h20-21H,1-19,39H2,(H,42,43)(H,44,45). The van der Waals surface area contributed by atoms with Crippen LogP contribution in [-0.2, 0) is 37.5 Å². The molecule has 0 aliphatic carbocycles. The first-order valence-corrected chi connectivity index (χ1v) is 17.2. The summed E-state index contributed by atoms with van der Waals surface area (Å²) in [6, 6.07) is -1.70. The number of carbonyl (C=O) groups excluding carboxylic acids is 2. The van der Waals surface area contributed by atoms with Crippen molar-refractivity contribution in [1.29, 1.82) is 0 Å². The molecule has 0 spiro atoms. The molecule has 0 radical (unpaired) electrons. The van der Waals surface area contributed by atoms with E-state index in [-0.39, 0.29) is 51.4 Å². The van der Waals surface area contributed by atoms with Crippen LogP contribution in [-0.4, -0.2) is 84.1 Å². The van der Waals surface area contributed by atoms with Gasteiger partial charge in [0.2, 0.25) is 0 Å². The molecule has 0 aromatic rings. The Kier molecular flexibility index (Phi) is 21.7. The number of carbonyl (C=O) groups is 3. The Labute approximate surface area is 282 Å². The van der Waals surface area contributed by atoms with Crippen LogP contribution in [0.5, 0.6) is 0 Å². The Morgan fingerprint density at radius 1 is 0.600 bits per heavy atom. The number of aliphatic carboxylic acids is 1. The highest BCUT2D eigenvalue weighted by Gasteiger charge is 2.57. The number of carboxylic acid groups (broad SMARTS) is 1. The molecule has 0 aliphatic rings. The Balaban J connectivity index is 4.63. The second kappa shape index (κ2) is 22.7. The number of alkyl halides is 10. The summed E-state index contributed by atoms with van der Waals surface area (Å²) in [7, 11) is -5.03. The molecule has 0 fully saturated rings. The van der Waals surface area contributed by atoms with Crippen molar-refractivity contribution in [2.75, 3.05) is 19.8 Å². The van der Waals surface area contributed by atoms with E-state index >= 15 is 0 Å². The third-order valence-corrected chi connectivity index (χ3v) is 7.99. The molecule has 50 heavy (non-hydrogen) atoms. The zero-order valence-corrected chi connectivity index (χ0v) is 27.9. The highest BCUT2D eigenvalue weighted by atomic mass is 31.2. The first-order valence-electron chi connectivity index (χ1n) is 15.7. The summed E-state index contributed by atoms with van der Waals surface area (Å²) in [4.78, 5) is 45.0. The van der Waals surface area contributed by atoms with Crippen LogP contribution >= 0.6 is 7.82 Å². The van der Waals surface area contributed by atoms with E-state index in [9.17, 15) is 67.7 Å². The predicted molar refractivity (Wildman–Crippen MR) is 154 cm³/mol. The van der Waals surface area contributed by atoms with Crippen molar-refractivity contribution < 1.29 is 91.4 Å². The van der Waals surface area contributed by atoms with Crippen LogP contribution in [0.15, 0.2) is 0 Å². The number of phosphoric ester groups is 1. The maximum absolute atomic E-state index is 12.9. The summed E-state index contributed by atoms with van der Waals surface area (Å²) in [5, 5.41) is 8.79. The molecule has 296 valence electrons. The fraction of sp³-hybridized carbons (Fsp3) is 0.893. The van der Waals surface area contributed by atoms with Gasteiger partial charge >= 0.3 is 49.9 Å². The van der Waals surface area contributed by atoms with Gasteiger partial charge in [-0.1, -0.05) is 51.4 Å². The maximum Gasteiger partial charge on any atom is 0.472 e. The first kappa shape index (κ1) is 47.8. The van der Waals surface area contributed by atoms with Crippen molar-refractivity contribution >= 4 is 25.7 Å². The molecule has 4 N–H and O–H groups in total. The van der Waals surface area contributed by atoms with E-state index in [1.807, 2.05) is 0 Å². The minimum atomic E-state index is -5.61. The average molecular weight is 776 g/mol. The van der Waals surface area contributed by atoms with Crippen molar-refractivity contribution in [2.45, 2.75) is 139 Å². The highest BCUT2D eigenvalue weighted by molar-refractivity contribution is 7.47. The summed E-state index contributed by atoms with van der Waals surface area (Å²) in [6.45, 7) is -2.41. The average Bonchev–Trinajstić information content (AvgIpc) is 2.98. The lowest BCUT2D eigenvalue weighted by Crippen LogP contribution is -2.36. The summed E-state index contributed by atoms with van der Waals surface area (Å²) in [5.74, 6) is -12.7. The predicted octanol–water partition coefficient (Wildman–Crippen LogP) is 7.62. The van der Waals surface area contributed by atoms with Crippen molar-refractivity contribution in [3.8, 4) is 0 Å². The van der Waals surface area contributed by atoms with Gasteiger partial charge in [-0.05, 0) is 25.7 Å². The highest BCUT2D eigenvalue weighted by Crippen LogP contribution is 2.45. The maximum atomic E-state index is 12.9. The first-order chi connectivity index (χ1) is 22.9. The van der Waals surface area contributed by atoms with Gasteiger partial charge in [0.15, 0.2) is 0 Å². The van der Waals surface area contributed by atoms with E-state index < -0.39 is 94.7 Å². The number of rotatable bonds is 28. The van der Waals surface area contributed by atoms with Crippen molar-refractivity contribution in [1.82, 2.24) is 0 Å². The van der Waals surface area contributed by atoms with Crippen LogP contribution in [0.2, 0.25) is 0 Å². The van der Waals surface area contributed by atoms with Gasteiger partial charge in [-0.15, -0.1) is 0 Å². The molecule has 0 rings (SSSR count). The van der Waals surface area contributed by atoms with Crippen LogP contribution in [0.3, 0.4) is 0 Å². The van der Waals surface area contributed by atoms with Gasteiger partial charge in [-0.25, -0.2) is 4.57 Å². The molecule has 11 nitrogen and oxygen atoms in total. The van der Waals surface area contributed by atoms with Crippen LogP contribution < -0.4 is 5.73 Å². The molecule has 22 heteroatoms. The molecule has 0 heterocycles. The molecular formula is C28H44F10NO10P. The lowest BCUT2D eigenvalue weighted by Gasteiger charge is -2.21. The van der Waals surface area contributed by atoms with Gasteiger partial charge in [-0.2, -0.15) is 43.9 Å². The zero-order valence-electron chi connectivity index (χ0n) is 27.1. The van der Waals surface area contributed by atoms with Gasteiger partial charge in [-0.3, -0.25) is 23.4 Å². The molecule has 0 amide bonds. The second-order valence-corrected chi connectivity index (χ2v) is 12.9. The lowest BCUT2D eigenvalue weighted by atomic mass is 10.1. The van der Waals surface area contributed by atoms with E-state index in [1.165, 1.54) is 0 Å². The van der Waals surface area contributed by atoms with Crippen molar-refractivity contribution in [2.24, 2.45) is 5.73 Å². The third-order valence-electron chi connectivity index (χ3n) is 6.95. The summed E-state index contributed by atoms with van der Waals surface area (Å²) in [6.07, 6.45) is -13.4. The van der Waals surface area contributed by atoms with Crippen molar-refractivity contribution in [3.63, 3.8) is 0 Å². The number of phosphoric acid groups is 1. The molecular weight excluding hydrogens is 731 g/mol. The molecule has 0 saturated heterocycles. The molecule has 2 unspecified atom stereocenters. The molecule has 0 aliphatic heterocycles. The monoisotopic (exact) mass is 775 g/mol. The van der Waals surface area contributed by atoms with E-state index in [0.717, 1.165) is 0 Å². The molecule has 0 aromatic heterocycles. The Bertz CT molecular complexity index is 1010. The third kappa shape index (κ3) is 21.9. The lowest BCUT2D eigenvalue weighted by molar-refractivity contribution is -0.284. The number of esters is 2. The van der Waals surface area contributed by atoms with E-state index in [1.54, 1.807) is 0 Å². The van der Waals surface area contributed by atoms with Crippen LogP contribution in [0, 0.1) is 0 Å². The number of unbranched alkanes of at least 4 members (excludes halogenated alkanes) is 10. The van der Waals surface area contributed by atoms with Gasteiger partial charge in [0, 0.05) is 25.7 Å². The summed E-state index contributed by atoms with van der Waals surface area (Å²) >= 11 is 0. The van der Waals surface area contributed by atoms with Crippen LogP contribution in [0.1, 0.15) is 103 Å². The number of halogens is 10. The minimum Gasteiger partial charge on any atom is -0.480 e. The number of nitrogens with two attached hydrogens (primary N) is 1. The van der Waals surface area contributed by atoms with E-state index in [2.05, 4.69) is 4.52 Å². The van der Waals surface area contributed by atoms with Crippen molar-refractivity contribution in [3.05, 3.63) is 0 Å². The van der Waals surface area contributed by atoms with Crippen LogP contribution in [0.4, 0.5) is 43.9 Å². The smallest absolute Gasteiger partial charge is 0.472 e. The quantitative estimate of drug-likeness (QED) is 0.0309. The number of carboxylic acids is 1. The Morgan fingerprint density at radius 3 is 1.28 bits per heavy atom. The largest absolute Gasteiger partial charge is 0.480 e. The molecule has 0 bridgehead atoms. The number of hydrogen-bond acceptors (Lipinski definition) is 9. The Hall–Kier alpha value is -2.22. The SMILES string of the molecule is NC(COP(=O)(O)OC(COC(=O)CCCCCCCCC(F)(F)C(F)(F)F)COC(=O)CCCCCCCCC(F)(F)C(F)(F)F)C(=O)O. The van der Waals surface area contributed by atoms with Gasteiger partial charge in [0.25, 0.3) is 0 Å². The second-order valence-electron chi connectivity index (χ2n) is 11.4. The normalized spacial score (nSPS) is 14.7. The van der Waals surface area contributed by atoms with Crippen LogP contribution in [0.25, 0.3) is 0 Å². The fourth-order valence-electron chi connectivity index (χ4n) is 4.02. The number of ether oxygens (including phenoxy) is 2. The summed E-state index contributed by atoms with van der Waals surface area (Å²) < 4.78 is 156. The summed E-state index contributed by atoms with van der Waals surface area (Å²) in [5.41, 5.74) is 5.21.